The highest BCUT2D eigenvalue weighted by molar-refractivity contribution is 6.23. The molecule has 0 aromatic heterocycles. The molecule has 1 aliphatic heterocycles. The zero-order chi connectivity index (χ0) is 21.0. The number of amides is 2. The van der Waals surface area contributed by atoms with E-state index < -0.39 is 5.97 Å². The number of imide groups is 1. The van der Waals surface area contributed by atoms with Crippen molar-refractivity contribution in [1.29, 1.82) is 0 Å². The zero-order valence-corrected chi connectivity index (χ0v) is 16.7. The van der Waals surface area contributed by atoms with E-state index in [2.05, 4.69) is 31.2 Å². The molecule has 5 heteroatoms. The Balaban J connectivity index is 1.51. The molecule has 1 saturated heterocycles. The molecule has 2 fully saturated rings. The van der Waals surface area contributed by atoms with Gasteiger partial charge in [0.05, 0.1) is 17.5 Å². The Labute approximate surface area is 174 Å². The molecule has 4 atom stereocenters. The Kier molecular flexibility index (Phi) is 4.21. The fourth-order valence-electron chi connectivity index (χ4n) is 5.22. The number of hydrogen-bond acceptors (Lipinski definition) is 4. The van der Waals surface area contributed by atoms with Gasteiger partial charge in [-0.1, -0.05) is 54.1 Å². The second-order valence-electron chi connectivity index (χ2n) is 8.04. The van der Waals surface area contributed by atoms with Crippen LogP contribution in [0.15, 0.2) is 72.3 Å². The minimum absolute atomic E-state index is 0.0571. The topological polar surface area (TPSA) is 63.7 Å². The lowest BCUT2D eigenvalue weighted by molar-refractivity contribution is -0.132. The molecule has 150 valence electrons. The molecular weight excluding hydrogens is 378 g/mol. The number of esters is 1. The number of ether oxygens (including phenoxy) is 1. The first-order chi connectivity index (χ1) is 14.5. The van der Waals surface area contributed by atoms with Crippen molar-refractivity contribution in [3.8, 4) is 5.75 Å². The molecule has 0 N–H and O–H groups in total. The molecule has 30 heavy (non-hydrogen) atoms. The summed E-state index contributed by atoms with van der Waals surface area (Å²) in [4.78, 5) is 39.3. The van der Waals surface area contributed by atoms with Gasteiger partial charge in [0.2, 0.25) is 11.8 Å². The van der Waals surface area contributed by atoms with Gasteiger partial charge in [0.1, 0.15) is 5.75 Å². The number of rotatable bonds is 3. The predicted molar refractivity (Wildman–Crippen MR) is 112 cm³/mol. The van der Waals surface area contributed by atoms with Gasteiger partial charge in [-0.25, -0.2) is 4.90 Å². The van der Waals surface area contributed by atoms with Crippen LogP contribution in [0.5, 0.6) is 5.75 Å². The minimum Gasteiger partial charge on any atom is -0.427 e. The van der Waals surface area contributed by atoms with Crippen molar-refractivity contribution in [3.05, 3.63) is 77.9 Å². The van der Waals surface area contributed by atoms with Gasteiger partial charge in [0.25, 0.3) is 0 Å². The van der Waals surface area contributed by atoms with Gasteiger partial charge in [-0.2, -0.15) is 0 Å². The summed E-state index contributed by atoms with van der Waals surface area (Å²) >= 11 is 0. The number of benzene rings is 2. The van der Waals surface area contributed by atoms with Crippen LogP contribution >= 0.6 is 0 Å². The van der Waals surface area contributed by atoms with Gasteiger partial charge in [0.15, 0.2) is 0 Å². The van der Waals surface area contributed by atoms with E-state index in [1.54, 1.807) is 24.3 Å². The average molecular weight is 399 g/mol. The van der Waals surface area contributed by atoms with E-state index in [9.17, 15) is 14.4 Å². The van der Waals surface area contributed by atoms with Crippen molar-refractivity contribution in [2.24, 2.45) is 23.7 Å². The SMILES string of the molecule is CC(=O)Oc1cccc(N2C(=O)[C@@H]3[C@@H](C2=O)[C@H]2C=C[C@H]3C2=C(C)c2ccccc2)c1. The third-order valence-corrected chi connectivity index (χ3v) is 6.39. The lowest BCUT2D eigenvalue weighted by atomic mass is 9.85. The van der Waals surface area contributed by atoms with Gasteiger partial charge in [-0.3, -0.25) is 14.4 Å². The Morgan fingerprint density at radius 2 is 1.50 bits per heavy atom. The summed E-state index contributed by atoms with van der Waals surface area (Å²) in [7, 11) is 0. The first kappa shape index (κ1) is 18.6. The van der Waals surface area contributed by atoms with E-state index in [1.165, 1.54) is 17.4 Å². The zero-order valence-electron chi connectivity index (χ0n) is 16.7. The third kappa shape index (κ3) is 2.65. The molecule has 2 aromatic carbocycles. The molecule has 5 nitrogen and oxygen atoms in total. The Hall–Kier alpha value is -3.47. The fourth-order valence-corrected chi connectivity index (χ4v) is 5.22. The minimum atomic E-state index is -0.448. The highest BCUT2D eigenvalue weighted by atomic mass is 16.5. The third-order valence-electron chi connectivity index (χ3n) is 6.39. The maximum atomic E-state index is 13.4. The number of nitrogens with zero attached hydrogens (tertiary/aromatic N) is 1. The Bertz CT molecular complexity index is 1100. The molecule has 1 saturated carbocycles. The van der Waals surface area contributed by atoms with Crippen molar-refractivity contribution in [1.82, 2.24) is 0 Å². The lowest BCUT2D eigenvalue weighted by Crippen LogP contribution is -2.33. The fraction of sp³-hybridized carbons (Fsp3) is 0.240. The van der Waals surface area contributed by atoms with Crippen LogP contribution in [0.3, 0.4) is 0 Å². The van der Waals surface area contributed by atoms with E-state index in [0.29, 0.717) is 11.4 Å². The molecule has 2 aromatic rings. The number of fused-ring (bicyclic) bond motifs is 5. The van der Waals surface area contributed by atoms with E-state index in [1.807, 2.05) is 18.2 Å². The summed E-state index contributed by atoms with van der Waals surface area (Å²) in [6, 6.07) is 16.7. The average Bonchev–Trinajstić information content (AvgIpc) is 3.37. The predicted octanol–water partition coefficient (Wildman–Crippen LogP) is 4.01. The Morgan fingerprint density at radius 3 is 2.10 bits per heavy atom. The molecule has 0 radical (unpaired) electrons. The van der Waals surface area contributed by atoms with Crippen LogP contribution in [-0.2, 0) is 14.4 Å². The quantitative estimate of drug-likeness (QED) is 0.339. The van der Waals surface area contributed by atoms with Crippen LogP contribution in [0, 0.1) is 23.7 Å². The Morgan fingerprint density at radius 1 is 0.867 bits per heavy atom. The molecule has 2 amide bonds. The molecule has 0 spiro atoms. The van der Waals surface area contributed by atoms with Crippen molar-refractivity contribution in [2.45, 2.75) is 13.8 Å². The largest absolute Gasteiger partial charge is 0.427 e. The van der Waals surface area contributed by atoms with Crippen LogP contribution in [0.25, 0.3) is 5.57 Å². The van der Waals surface area contributed by atoms with Crippen LogP contribution in [0.2, 0.25) is 0 Å². The van der Waals surface area contributed by atoms with Gasteiger partial charge >= 0.3 is 5.97 Å². The first-order valence-electron chi connectivity index (χ1n) is 10.1. The van der Waals surface area contributed by atoms with E-state index in [0.717, 1.165) is 11.1 Å². The summed E-state index contributed by atoms with van der Waals surface area (Å²) in [5.74, 6) is -1.36. The van der Waals surface area contributed by atoms with Crippen molar-refractivity contribution in [2.75, 3.05) is 4.90 Å². The molecule has 5 rings (SSSR count). The highest BCUT2D eigenvalue weighted by Gasteiger charge is 2.62. The summed E-state index contributed by atoms with van der Waals surface area (Å²) < 4.78 is 5.12. The van der Waals surface area contributed by atoms with E-state index >= 15 is 0 Å². The van der Waals surface area contributed by atoms with Crippen molar-refractivity contribution in [3.63, 3.8) is 0 Å². The lowest BCUT2D eigenvalue weighted by Gasteiger charge is -2.20. The van der Waals surface area contributed by atoms with Crippen LogP contribution < -0.4 is 9.64 Å². The monoisotopic (exact) mass is 399 g/mol. The number of carbonyl (C=O) groups excluding carboxylic acids is 3. The first-order valence-corrected chi connectivity index (χ1v) is 10.1. The smallest absolute Gasteiger partial charge is 0.308 e. The summed E-state index contributed by atoms with van der Waals surface area (Å²) in [5.41, 5.74) is 3.90. The van der Waals surface area contributed by atoms with Crippen LogP contribution in [0.4, 0.5) is 5.69 Å². The highest BCUT2D eigenvalue weighted by Crippen LogP contribution is 2.58. The molecule has 3 aliphatic rings. The molecule has 2 aliphatic carbocycles. The maximum Gasteiger partial charge on any atom is 0.308 e. The van der Waals surface area contributed by atoms with Crippen LogP contribution in [-0.4, -0.2) is 17.8 Å². The number of allylic oxidation sites excluding steroid dienone is 4. The van der Waals surface area contributed by atoms with Crippen LogP contribution in [0.1, 0.15) is 19.4 Å². The molecule has 1 heterocycles. The number of hydrogen-bond donors (Lipinski definition) is 0. The summed E-state index contributed by atoms with van der Waals surface area (Å²) in [6.07, 6.45) is 4.16. The second-order valence-corrected chi connectivity index (χ2v) is 8.04. The van der Waals surface area contributed by atoms with Gasteiger partial charge in [0, 0.05) is 24.8 Å². The van der Waals surface area contributed by atoms with E-state index in [-0.39, 0.29) is 35.5 Å². The summed E-state index contributed by atoms with van der Waals surface area (Å²) in [5, 5.41) is 0. The molecule has 2 bridgehead atoms. The maximum absolute atomic E-state index is 13.4. The van der Waals surface area contributed by atoms with Gasteiger partial charge < -0.3 is 4.74 Å². The molecule has 0 unspecified atom stereocenters. The number of anilines is 1. The summed E-state index contributed by atoms with van der Waals surface area (Å²) in [6.45, 7) is 3.39. The van der Waals surface area contributed by atoms with E-state index in [4.69, 9.17) is 4.74 Å². The van der Waals surface area contributed by atoms with Crippen molar-refractivity contribution < 1.29 is 19.1 Å². The standard InChI is InChI=1S/C25H21NO4/c1-14(16-7-4-3-5-8-16)21-19-11-12-20(21)23-22(19)24(28)26(25(23)29)17-9-6-10-18(13-17)30-15(2)27/h3-13,19-20,22-23H,1-2H3/t19-,20-,22-,23-/m0/s1. The van der Waals surface area contributed by atoms with Crippen molar-refractivity contribution >= 4 is 29.0 Å². The molecular formula is C25H21NO4. The normalized spacial score (nSPS) is 26.3. The van der Waals surface area contributed by atoms with Gasteiger partial charge in [-0.05, 0) is 30.2 Å². The number of carbonyl (C=O) groups is 3. The van der Waals surface area contributed by atoms with Gasteiger partial charge in [-0.15, -0.1) is 0 Å². The second kappa shape index (κ2) is 6.80.